The maximum absolute atomic E-state index is 2.57. The first kappa shape index (κ1) is 28.8. The minimum Gasteiger partial charge on any atom is -0.311 e. The first-order chi connectivity index (χ1) is 22.2. The molecule has 2 aliphatic heterocycles. The smallest absolute Gasteiger partial charge is 0.252 e. The summed E-state index contributed by atoms with van der Waals surface area (Å²) >= 11 is 0. The molecule has 0 aliphatic carbocycles. The Labute approximate surface area is 275 Å². The van der Waals surface area contributed by atoms with Gasteiger partial charge in [0.2, 0.25) is 0 Å². The van der Waals surface area contributed by atoms with E-state index in [1.165, 1.54) is 82.6 Å². The van der Waals surface area contributed by atoms with Gasteiger partial charge in [-0.3, -0.25) is 0 Å². The lowest BCUT2D eigenvalue weighted by molar-refractivity contribution is 1.20. The van der Waals surface area contributed by atoms with Crippen LogP contribution in [0.5, 0.6) is 0 Å². The Morgan fingerprint density at radius 2 is 0.957 bits per heavy atom. The van der Waals surface area contributed by atoms with Crippen LogP contribution in [0, 0.1) is 27.7 Å². The molecule has 0 aromatic heterocycles. The third kappa shape index (κ3) is 4.42. The molecule has 0 N–H and O–H groups in total. The van der Waals surface area contributed by atoms with Gasteiger partial charge in [0.1, 0.15) is 0 Å². The van der Waals surface area contributed by atoms with Crippen molar-refractivity contribution in [1.29, 1.82) is 0 Å². The van der Waals surface area contributed by atoms with Gasteiger partial charge in [-0.2, -0.15) is 10.0 Å². The first-order valence-corrected chi connectivity index (χ1v) is 18.6. The van der Waals surface area contributed by atoms with Crippen molar-refractivity contribution in [3.05, 3.63) is 150 Å². The molecule has 226 valence electrons. The highest BCUT2D eigenvalue weighted by Gasteiger charge is 2.45. The lowest BCUT2D eigenvalue weighted by atomic mass is 9.33. The number of anilines is 6. The van der Waals surface area contributed by atoms with Gasteiger partial charge in [-0.15, -0.1) is 0 Å². The Hall–Kier alpha value is -4.67. The molecule has 0 spiro atoms. The van der Waals surface area contributed by atoms with Crippen LogP contribution in [0.4, 0.5) is 34.1 Å². The van der Waals surface area contributed by atoms with E-state index in [4.69, 9.17) is 0 Å². The third-order valence-corrected chi connectivity index (χ3v) is 12.7. The second kappa shape index (κ2) is 10.7. The van der Waals surface area contributed by atoms with E-state index in [1.54, 1.807) is 0 Å². The SMILES string of the molecule is Cc1ccc(N2c3ccc(C)cc3B3c4cc(C)ccc4N(c4ccc(C)cc4)c4c(S(C)(C)c5ccccc5)ccc2c43)cc1. The van der Waals surface area contributed by atoms with Gasteiger partial charge in [-0.1, -0.05) is 89.0 Å². The van der Waals surface area contributed by atoms with Crippen molar-refractivity contribution in [3.63, 3.8) is 0 Å². The van der Waals surface area contributed by atoms with Crippen LogP contribution in [0.2, 0.25) is 0 Å². The quantitative estimate of drug-likeness (QED) is 0.182. The maximum Gasteiger partial charge on any atom is 0.252 e. The van der Waals surface area contributed by atoms with Crippen molar-refractivity contribution in [2.75, 3.05) is 22.3 Å². The Morgan fingerprint density at radius 3 is 1.52 bits per heavy atom. The van der Waals surface area contributed by atoms with Gasteiger partial charge in [0.25, 0.3) is 6.71 Å². The van der Waals surface area contributed by atoms with Crippen LogP contribution in [0.3, 0.4) is 0 Å². The van der Waals surface area contributed by atoms with Crippen molar-refractivity contribution in [2.45, 2.75) is 37.5 Å². The van der Waals surface area contributed by atoms with Crippen LogP contribution in [0.1, 0.15) is 22.3 Å². The summed E-state index contributed by atoms with van der Waals surface area (Å²) in [5, 5.41) is 0. The molecule has 0 amide bonds. The molecule has 2 aliphatic rings. The summed E-state index contributed by atoms with van der Waals surface area (Å²) in [6.45, 7) is 8.90. The normalized spacial score (nSPS) is 13.7. The van der Waals surface area contributed by atoms with Crippen LogP contribution < -0.4 is 26.2 Å². The van der Waals surface area contributed by atoms with E-state index in [0.717, 1.165) is 0 Å². The highest BCUT2D eigenvalue weighted by atomic mass is 32.3. The van der Waals surface area contributed by atoms with Crippen LogP contribution in [-0.4, -0.2) is 19.2 Å². The van der Waals surface area contributed by atoms with E-state index in [2.05, 4.69) is 177 Å². The highest BCUT2D eigenvalue weighted by molar-refractivity contribution is 8.32. The third-order valence-electron chi connectivity index (χ3n) is 9.85. The molecule has 2 heterocycles. The summed E-state index contributed by atoms with van der Waals surface area (Å²) in [6.07, 6.45) is 4.93. The van der Waals surface area contributed by atoms with Gasteiger partial charge in [-0.05, 0) is 122 Å². The predicted molar refractivity (Wildman–Crippen MR) is 202 cm³/mol. The lowest BCUT2D eigenvalue weighted by Gasteiger charge is -2.47. The zero-order valence-electron chi connectivity index (χ0n) is 27.5. The zero-order valence-corrected chi connectivity index (χ0v) is 28.3. The Morgan fingerprint density at radius 1 is 0.478 bits per heavy atom. The monoisotopic (exact) mass is 614 g/mol. The van der Waals surface area contributed by atoms with E-state index in [-0.39, 0.29) is 6.71 Å². The van der Waals surface area contributed by atoms with Crippen molar-refractivity contribution in [1.82, 2.24) is 0 Å². The summed E-state index contributed by atoms with van der Waals surface area (Å²) in [6, 6.07) is 48.2. The number of hydrogen-bond donors (Lipinski definition) is 0. The van der Waals surface area contributed by atoms with Gasteiger partial charge >= 0.3 is 0 Å². The van der Waals surface area contributed by atoms with Gasteiger partial charge in [-0.25, -0.2) is 0 Å². The summed E-state index contributed by atoms with van der Waals surface area (Å²) < 4.78 is 0. The van der Waals surface area contributed by atoms with E-state index in [9.17, 15) is 0 Å². The van der Waals surface area contributed by atoms with Gasteiger partial charge in [0.05, 0.1) is 5.69 Å². The molecule has 6 aromatic rings. The number of nitrogens with zero attached hydrogens (tertiary/aromatic N) is 2. The van der Waals surface area contributed by atoms with E-state index < -0.39 is 10.0 Å². The second-order valence-electron chi connectivity index (χ2n) is 13.4. The molecule has 8 rings (SSSR count). The average molecular weight is 615 g/mol. The molecule has 2 nitrogen and oxygen atoms in total. The standard InChI is InChI=1S/C42H39BN2S/c1-28-12-18-32(19-13-28)44-37-22-16-30(3)26-35(37)43-36-27-31(4)17-23-38(36)45(33-20-14-29(2)15-21-33)42-40(25-24-39(44)41(42)43)46(5,6)34-10-8-7-9-11-34/h7-27H,1-6H3. The number of fused-ring (bicyclic) bond motifs is 4. The molecular weight excluding hydrogens is 575 g/mol. The second-order valence-corrected chi connectivity index (χ2v) is 16.9. The van der Waals surface area contributed by atoms with Gasteiger partial charge in [0.15, 0.2) is 0 Å². The highest BCUT2D eigenvalue weighted by Crippen LogP contribution is 2.61. The molecule has 0 bridgehead atoms. The number of benzene rings is 6. The van der Waals surface area contributed by atoms with Gasteiger partial charge in [0, 0.05) is 33.3 Å². The van der Waals surface area contributed by atoms with E-state index in [1.807, 2.05) is 0 Å². The fourth-order valence-electron chi connectivity index (χ4n) is 7.47. The molecule has 6 aromatic carbocycles. The fraction of sp³-hybridized carbons (Fsp3) is 0.143. The van der Waals surface area contributed by atoms with Crippen molar-refractivity contribution < 1.29 is 0 Å². The summed E-state index contributed by atoms with van der Waals surface area (Å²) in [5.41, 5.74) is 16.7. The number of aryl methyl sites for hydroxylation is 4. The molecule has 0 fully saturated rings. The molecule has 4 heteroatoms. The minimum atomic E-state index is -1.40. The van der Waals surface area contributed by atoms with Crippen LogP contribution >= 0.6 is 10.0 Å². The van der Waals surface area contributed by atoms with Crippen LogP contribution in [0.15, 0.2) is 137 Å². The molecule has 0 saturated carbocycles. The van der Waals surface area contributed by atoms with Crippen molar-refractivity contribution in [3.8, 4) is 0 Å². The summed E-state index contributed by atoms with van der Waals surface area (Å²) in [7, 11) is -1.40. The van der Waals surface area contributed by atoms with Crippen LogP contribution in [-0.2, 0) is 0 Å². The van der Waals surface area contributed by atoms with Gasteiger partial charge < -0.3 is 9.80 Å². The van der Waals surface area contributed by atoms with Crippen molar-refractivity contribution in [2.24, 2.45) is 0 Å². The number of hydrogen-bond acceptors (Lipinski definition) is 2. The Bertz CT molecular complexity index is 2100. The largest absolute Gasteiger partial charge is 0.311 e. The summed E-state index contributed by atoms with van der Waals surface area (Å²) in [4.78, 5) is 7.88. The van der Waals surface area contributed by atoms with E-state index >= 15 is 0 Å². The predicted octanol–water partition coefficient (Wildman–Crippen LogP) is 9.49. The fourth-order valence-corrected chi connectivity index (χ4v) is 9.65. The zero-order chi connectivity index (χ0) is 31.7. The molecular formula is C42H39BN2S. The molecule has 0 radical (unpaired) electrons. The molecule has 0 unspecified atom stereocenters. The van der Waals surface area contributed by atoms with Crippen LogP contribution in [0.25, 0.3) is 0 Å². The van der Waals surface area contributed by atoms with E-state index in [0.29, 0.717) is 0 Å². The average Bonchev–Trinajstić information content (AvgIpc) is 3.06. The Kier molecular flexibility index (Phi) is 6.70. The lowest BCUT2D eigenvalue weighted by Crippen LogP contribution is -2.61. The molecule has 46 heavy (non-hydrogen) atoms. The molecule has 0 atom stereocenters. The molecule has 0 saturated heterocycles. The Balaban J connectivity index is 1.53. The topological polar surface area (TPSA) is 6.48 Å². The summed E-state index contributed by atoms with van der Waals surface area (Å²) in [5.74, 6) is 0. The first-order valence-electron chi connectivity index (χ1n) is 16.1. The minimum absolute atomic E-state index is 0.115. The maximum atomic E-state index is 2.57. The number of rotatable bonds is 4. The van der Waals surface area contributed by atoms with Crippen molar-refractivity contribution >= 4 is 67.3 Å².